The molecule has 0 radical (unpaired) electrons. The van der Waals surface area contributed by atoms with Crippen molar-refractivity contribution in [2.75, 3.05) is 19.4 Å². The van der Waals surface area contributed by atoms with Gasteiger partial charge < -0.3 is 19.7 Å². The largest absolute Gasteiger partial charge is 0.466 e. The van der Waals surface area contributed by atoms with Gasteiger partial charge in [-0.3, -0.25) is 28.8 Å². The van der Waals surface area contributed by atoms with Gasteiger partial charge in [0.15, 0.2) is 0 Å². The minimum atomic E-state index is -4.35. The predicted molar refractivity (Wildman–Crippen MR) is 189 cm³/mol. The van der Waals surface area contributed by atoms with Crippen LogP contribution in [0.25, 0.3) is 11.1 Å². The van der Waals surface area contributed by atoms with Gasteiger partial charge in [0.25, 0.3) is 0 Å². The summed E-state index contributed by atoms with van der Waals surface area (Å²) in [7, 11) is -4.35. The van der Waals surface area contributed by atoms with E-state index in [0.717, 1.165) is 36.0 Å². The number of esters is 2. The van der Waals surface area contributed by atoms with Crippen molar-refractivity contribution in [3.63, 3.8) is 0 Å². The van der Waals surface area contributed by atoms with E-state index in [1.54, 1.807) is 20.8 Å². The number of ether oxygens (including phenoxy) is 2. The molecule has 3 atom stereocenters. The molecule has 11 heteroatoms. The summed E-state index contributed by atoms with van der Waals surface area (Å²) >= 11 is 0. The van der Waals surface area contributed by atoms with Crippen LogP contribution >= 0.6 is 7.60 Å². The molecule has 0 aliphatic heterocycles. The number of rotatable bonds is 25. The Kier molecular flexibility index (Phi) is 20.0. The summed E-state index contributed by atoms with van der Waals surface area (Å²) in [6.45, 7) is 7.69. The van der Waals surface area contributed by atoms with Crippen molar-refractivity contribution in [2.45, 2.75) is 117 Å². The van der Waals surface area contributed by atoms with E-state index < -0.39 is 44.1 Å². The highest BCUT2D eigenvalue weighted by Gasteiger charge is 2.31. The summed E-state index contributed by atoms with van der Waals surface area (Å²) in [5.41, 5.74) is 2.90. The van der Waals surface area contributed by atoms with Gasteiger partial charge in [0, 0.05) is 18.9 Å². The Bertz CT molecular complexity index is 1260. The van der Waals surface area contributed by atoms with Gasteiger partial charge in [-0.1, -0.05) is 127 Å². The highest BCUT2D eigenvalue weighted by atomic mass is 31.2. The second-order valence-electron chi connectivity index (χ2n) is 12.5. The van der Waals surface area contributed by atoms with E-state index in [9.17, 15) is 23.8 Å². The van der Waals surface area contributed by atoms with Crippen LogP contribution in [0.4, 0.5) is 0 Å². The normalized spacial score (nSPS) is 13.8. The molecule has 0 aliphatic carbocycles. The second-order valence-corrected chi connectivity index (χ2v) is 14.3. The lowest BCUT2D eigenvalue weighted by Gasteiger charge is -2.26. The Labute approximate surface area is 287 Å². The fourth-order valence-electron chi connectivity index (χ4n) is 5.07. The summed E-state index contributed by atoms with van der Waals surface area (Å²) in [4.78, 5) is 48.2. The number of nitrogens with one attached hydrogen (secondary N) is 2. The molecule has 0 fully saturated rings. The summed E-state index contributed by atoms with van der Waals surface area (Å²) in [6, 6.07) is 16.7. The first-order valence-corrected chi connectivity index (χ1v) is 19.3. The van der Waals surface area contributed by atoms with Gasteiger partial charge in [0.1, 0.15) is 0 Å². The average molecular weight is 689 g/mol. The molecule has 0 bridgehead atoms. The lowest BCUT2D eigenvalue weighted by Crippen LogP contribution is -2.46. The third-order valence-corrected chi connectivity index (χ3v) is 8.95. The highest BCUT2D eigenvalue weighted by Crippen LogP contribution is 2.43. The van der Waals surface area contributed by atoms with E-state index >= 15 is 0 Å². The van der Waals surface area contributed by atoms with Crippen LogP contribution in [0, 0.1) is 5.92 Å². The average Bonchev–Trinajstić information content (AvgIpc) is 3.06. The van der Waals surface area contributed by atoms with Crippen molar-refractivity contribution in [3.05, 3.63) is 60.2 Å². The zero-order valence-electron chi connectivity index (χ0n) is 29.3. The van der Waals surface area contributed by atoms with Crippen LogP contribution in [-0.2, 0) is 39.4 Å². The maximum absolute atomic E-state index is 13.2. The summed E-state index contributed by atoms with van der Waals surface area (Å²) in [5, 5.41) is 5.59. The molecule has 0 spiro atoms. The van der Waals surface area contributed by atoms with Gasteiger partial charge >= 0.3 is 19.5 Å². The smallest absolute Gasteiger partial charge is 0.344 e. The van der Waals surface area contributed by atoms with Gasteiger partial charge in [0.05, 0.1) is 25.4 Å². The van der Waals surface area contributed by atoms with E-state index in [1.807, 2.05) is 54.6 Å². The molecule has 1 amide bonds. The maximum Gasteiger partial charge on any atom is 0.344 e. The molecule has 2 unspecified atom stereocenters. The number of hydrogen-bond donors (Lipinski definition) is 3. The molecule has 48 heavy (non-hydrogen) atoms. The molecule has 2 aromatic rings. The fourth-order valence-corrected chi connectivity index (χ4v) is 6.21. The zero-order valence-corrected chi connectivity index (χ0v) is 30.2. The van der Waals surface area contributed by atoms with E-state index in [0.29, 0.717) is 6.42 Å². The fraction of sp³-hybridized carbons (Fsp3) is 0.595. The van der Waals surface area contributed by atoms with Gasteiger partial charge in [-0.2, -0.15) is 0 Å². The van der Waals surface area contributed by atoms with Crippen LogP contribution in [0.3, 0.4) is 0 Å². The predicted octanol–water partition coefficient (Wildman–Crippen LogP) is 7.53. The Morgan fingerprint density at radius 1 is 0.792 bits per heavy atom. The van der Waals surface area contributed by atoms with Crippen molar-refractivity contribution in [2.24, 2.45) is 5.92 Å². The first-order valence-electron chi connectivity index (χ1n) is 17.5. The Morgan fingerprint density at radius 3 is 2.00 bits per heavy atom. The van der Waals surface area contributed by atoms with E-state index in [-0.39, 0.29) is 38.3 Å². The Balaban J connectivity index is 1.95. The van der Waals surface area contributed by atoms with E-state index in [4.69, 9.17) is 14.0 Å². The van der Waals surface area contributed by atoms with E-state index in [1.165, 1.54) is 32.1 Å². The molecule has 3 N–H and O–H groups in total. The van der Waals surface area contributed by atoms with Crippen molar-refractivity contribution in [3.8, 4) is 11.1 Å². The monoisotopic (exact) mass is 688 g/mol. The number of carbonyl (C=O) groups is 3. The van der Waals surface area contributed by atoms with Gasteiger partial charge in [-0.25, -0.2) is 0 Å². The molecular formula is C37H57N2O8P. The van der Waals surface area contributed by atoms with Gasteiger partial charge in [0.2, 0.25) is 12.2 Å². The van der Waals surface area contributed by atoms with Crippen molar-refractivity contribution < 1.29 is 37.8 Å². The molecule has 0 saturated carbocycles. The van der Waals surface area contributed by atoms with Crippen molar-refractivity contribution >= 4 is 25.4 Å². The van der Waals surface area contributed by atoms with Gasteiger partial charge in [-0.05, 0) is 36.5 Å². The molecule has 10 nitrogen and oxygen atoms in total. The number of carbonyl (C=O) groups excluding carboxylic acids is 3. The highest BCUT2D eigenvalue weighted by molar-refractivity contribution is 7.52. The third-order valence-electron chi connectivity index (χ3n) is 7.83. The SMILES string of the molecule is CCCCCCCCCCCC(=O)OC(OP(=O)(O)CN[C@@H](Cc1ccc(-c2ccccc2)cc1)C(=O)NCCC(=O)OCC)C(C)C. The zero-order chi connectivity index (χ0) is 35.2. The van der Waals surface area contributed by atoms with Crippen LogP contribution in [-0.4, -0.2) is 54.5 Å². The summed E-state index contributed by atoms with van der Waals surface area (Å²) in [5.74, 6) is -1.72. The van der Waals surface area contributed by atoms with Crippen LogP contribution in [0.5, 0.6) is 0 Å². The van der Waals surface area contributed by atoms with Crippen LogP contribution < -0.4 is 10.6 Å². The van der Waals surface area contributed by atoms with Crippen LogP contribution in [0.2, 0.25) is 0 Å². The minimum absolute atomic E-state index is 0.000159. The first-order chi connectivity index (χ1) is 23.0. The van der Waals surface area contributed by atoms with Crippen molar-refractivity contribution in [1.29, 1.82) is 0 Å². The lowest BCUT2D eigenvalue weighted by atomic mass is 10.0. The van der Waals surface area contributed by atoms with Crippen LogP contribution in [0.1, 0.15) is 104 Å². The lowest BCUT2D eigenvalue weighted by molar-refractivity contribution is -0.170. The molecular weight excluding hydrogens is 631 g/mol. The maximum atomic E-state index is 13.2. The summed E-state index contributed by atoms with van der Waals surface area (Å²) < 4.78 is 29.0. The topological polar surface area (TPSA) is 140 Å². The minimum Gasteiger partial charge on any atom is -0.466 e. The molecule has 0 aromatic heterocycles. The summed E-state index contributed by atoms with van der Waals surface area (Å²) in [6.07, 6.45) is 8.75. The molecule has 0 saturated heterocycles. The molecule has 268 valence electrons. The standard InChI is InChI=1S/C37H57N2O8P/c1-5-7-8-9-10-11-12-13-17-20-35(41)46-37(29(3)4)47-48(43,44)28-39-33(36(42)38-26-25-34(40)45-6-2)27-30-21-23-32(24-22-30)31-18-15-14-16-19-31/h14-16,18-19,21-24,29,33,37,39H,5-13,17,20,25-28H2,1-4H3,(H,38,42)(H,43,44)/t33-,37?/m0/s1. The Morgan fingerprint density at radius 2 is 1.40 bits per heavy atom. The molecule has 0 heterocycles. The van der Waals surface area contributed by atoms with E-state index in [2.05, 4.69) is 17.6 Å². The third kappa shape index (κ3) is 17.4. The quantitative estimate of drug-likeness (QED) is 0.0418. The number of benzene rings is 2. The number of amides is 1. The molecule has 0 aliphatic rings. The Hall–Kier alpha value is -3.04. The number of unbranched alkanes of at least 4 members (excludes halogenated alkanes) is 8. The molecule has 2 aromatic carbocycles. The van der Waals surface area contributed by atoms with Crippen molar-refractivity contribution in [1.82, 2.24) is 10.6 Å². The first kappa shape index (κ1) is 41.1. The van der Waals surface area contributed by atoms with Crippen LogP contribution in [0.15, 0.2) is 54.6 Å². The van der Waals surface area contributed by atoms with Gasteiger partial charge in [-0.15, -0.1) is 0 Å². The molecule has 2 rings (SSSR count). The second kappa shape index (κ2) is 23.3. The number of hydrogen-bond acceptors (Lipinski definition) is 8.